The molecule has 1 heterocycles. The molecule has 0 unspecified atom stereocenters. The van der Waals surface area contributed by atoms with E-state index in [0.29, 0.717) is 0 Å². The molecule has 0 saturated heterocycles. The number of hydrogen-bond donors (Lipinski definition) is 1. The van der Waals surface area contributed by atoms with E-state index in [1.807, 2.05) is 13.8 Å². The number of alkyl halides is 3. The smallest absolute Gasteiger partial charge is 0.266 e. The maximum atomic E-state index is 9.69. The number of aliphatic imine (C=N–C) groups is 1. The molecule has 0 aromatic carbocycles. The molecule has 2 atom stereocenters. The summed E-state index contributed by atoms with van der Waals surface area (Å²) in [5.74, 6) is 0.161. The third-order valence-electron chi connectivity index (χ3n) is 1.99. The molecule has 0 saturated carbocycles. The van der Waals surface area contributed by atoms with E-state index in [1.54, 1.807) is 0 Å². The third kappa shape index (κ3) is 2.89. The van der Waals surface area contributed by atoms with Crippen LogP contribution in [0.5, 0.6) is 0 Å². The minimum Gasteiger partial charge on any atom is -0.476 e. The molecule has 0 aromatic heterocycles. The van der Waals surface area contributed by atoms with Crippen LogP contribution in [-0.4, -0.2) is 33.5 Å². The molecule has 0 aromatic rings. The Labute approximate surface area is 98.0 Å². The Morgan fingerprint density at radius 3 is 2.43 bits per heavy atom. The quantitative estimate of drug-likeness (QED) is 0.773. The average molecular weight is 261 g/mol. The van der Waals surface area contributed by atoms with E-state index < -0.39 is 9.90 Å². The van der Waals surface area contributed by atoms with Gasteiger partial charge >= 0.3 is 0 Å². The monoisotopic (exact) mass is 259 g/mol. The van der Waals surface area contributed by atoms with Crippen molar-refractivity contribution in [1.82, 2.24) is 0 Å². The van der Waals surface area contributed by atoms with Gasteiger partial charge in [-0.3, -0.25) is 0 Å². The number of rotatable bonds is 2. The van der Waals surface area contributed by atoms with Crippen molar-refractivity contribution < 1.29 is 9.84 Å². The lowest BCUT2D eigenvalue weighted by atomic mass is 10.0. The van der Waals surface area contributed by atoms with Crippen LogP contribution in [0, 0.1) is 5.92 Å². The Morgan fingerprint density at radius 2 is 2.07 bits per heavy atom. The lowest BCUT2D eigenvalue weighted by Crippen LogP contribution is -2.30. The zero-order chi connectivity index (χ0) is 10.9. The van der Waals surface area contributed by atoms with Gasteiger partial charge in [-0.05, 0) is 5.92 Å². The summed E-state index contributed by atoms with van der Waals surface area (Å²) in [4.78, 5) is 4.03. The molecular weight excluding hydrogens is 248 g/mol. The van der Waals surface area contributed by atoms with Gasteiger partial charge in [0.25, 0.3) is 3.79 Å². The zero-order valence-electron chi connectivity index (χ0n) is 7.88. The van der Waals surface area contributed by atoms with Crippen molar-refractivity contribution in [2.75, 3.05) is 6.61 Å². The molecule has 1 rings (SSSR count). The number of aliphatic hydroxyl groups is 1. The fourth-order valence-corrected chi connectivity index (χ4v) is 1.47. The highest BCUT2D eigenvalue weighted by Crippen LogP contribution is 2.32. The van der Waals surface area contributed by atoms with Gasteiger partial charge in [-0.1, -0.05) is 48.7 Å². The number of nitrogens with zero attached hydrogens (tertiary/aromatic N) is 1. The molecule has 6 heteroatoms. The lowest BCUT2D eigenvalue weighted by molar-refractivity contribution is 0.0869. The second-order valence-corrected chi connectivity index (χ2v) is 5.83. The Bertz CT molecular complexity index is 237. The van der Waals surface area contributed by atoms with E-state index in [4.69, 9.17) is 39.5 Å². The summed E-state index contributed by atoms with van der Waals surface area (Å²) in [6, 6.07) is -0.333. The number of aliphatic hydroxyl groups excluding tert-OH is 1. The average Bonchev–Trinajstić information content (AvgIpc) is 2.49. The van der Waals surface area contributed by atoms with Crippen LogP contribution in [0.2, 0.25) is 0 Å². The van der Waals surface area contributed by atoms with Gasteiger partial charge in [0.15, 0.2) is 0 Å². The van der Waals surface area contributed by atoms with Gasteiger partial charge in [0, 0.05) is 0 Å². The predicted molar refractivity (Wildman–Crippen MR) is 58.3 cm³/mol. The minimum atomic E-state index is -1.63. The van der Waals surface area contributed by atoms with Crippen LogP contribution in [0.25, 0.3) is 0 Å². The van der Waals surface area contributed by atoms with Crippen LogP contribution in [-0.2, 0) is 4.74 Å². The van der Waals surface area contributed by atoms with Gasteiger partial charge in [-0.2, -0.15) is 0 Å². The lowest BCUT2D eigenvalue weighted by Gasteiger charge is -2.17. The molecule has 0 bridgehead atoms. The first-order chi connectivity index (χ1) is 6.32. The first-order valence-electron chi connectivity index (χ1n) is 4.28. The molecular formula is C8H12Cl3NO2. The first-order valence-corrected chi connectivity index (χ1v) is 5.41. The third-order valence-corrected chi connectivity index (χ3v) is 2.48. The summed E-state index contributed by atoms with van der Waals surface area (Å²) in [6.07, 6.45) is -0.570. The van der Waals surface area contributed by atoms with Crippen molar-refractivity contribution in [2.24, 2.45) is 10.9 Å². The maximum absolute atomic E-state index is 9.69. The summed E-state index contributed by atoms with van der Waals surface area (Å²) >= 11 is 16.7. The number of ether oxygens (including phenoxy) is 1. The van der Waals surface area contributed by atoms with Crippen molar-refractivity contribution in [2.45, 2.75) is 29.8 Å². The van der Waals surface area contributed by atoms with Crippen molar-refractivity contribution in [3.8, 4) is 0 Å². The fourth-order valence-electron chi connectivity index (χ4n) is 1.16. The first kappa shape index (κ1) is 12.4. The standard InChI is InChI=1S/C8H12Cl3NO2/c1-4(2)6(13)5-3-14-7(12-5)8(9,10)11/h4-6,13H,3H2,1-2H3/t5-,6+/m1/s1. The van der Waals surface area contributed by atoms with Crippen molar-refractivity contribution >= 4 is 40.7 Å². The number of hydrogen-bond acceptors (Lipinski definition) is 3. The Kier molecular flexibility index (Phi) is 3.92. The Morgan fingerprint density at radius 1 is 1.50 bits per heavy atom. The van der Waals surface area contributed by atoms with Crippen molar-refractivity contribution in [3.63, 3.8) is 0 Å². The summed E-state index contributed by atoms with van der Waals surface area (Å²) in [5, 5.41) is 9.69. The predicted octanol–water partition coefficient (Wildman–Crippen LogP) is 2.17. The Balaban J connectivity index is 2.67. The van der Waals surface area contributed by atoms with Crippen molar-refractivity contribution in [3.05, 3.63) is 0 Å². The molecule has 0 fully saturated rings. The van der Waals surface area contributed by atoms with E-state index in [0.717, 1.165) is 0 Å². The second-order valence-electron chi connectivity index (χ2n) is 3.54. The van der Waals surface area contributed by atoms with Gasteiger partial charge in [0.1, 0.15) is 12.6 Å². The molecule has 0 radical (unpaired) electrons. The van der Waals surface area contributed by atoms with Crippen LogP contribution < -0.4 is 0 Å². The van der Waals surface area contributed by atoms with E-state index in [9.17, 15) is 5.11 Å². The Hall–Kier alpha value is 0.300. The SMILES string of the molecule is CC(C)[C@H](O)[C@H]1COC(C(Cl)(Cl)Cl)=N1. The largest absolute Gasteiger partial charge is 0.476 e. The highest BCUT2D eigenvalue weighted by Gasteiger charge is 2.37. The molecule has 82 valence electrons. The van der Waals surface area contributed by atoms with Crippen molar-refractivity contribution in [1.29, 1.82) is 0 Å². The maximum Gasteiger partial charge on any atom is 0.266 e. The van der Waals surface area contributed by atoms with Gasteiger partial charge in [-0.25, -0.2) is 4.99 Å². The highest BCUT2D eigenvalue weighted by molar-refractivity contribution is 6.76. The van der Waals surface area contributed by atoms with Gasteiger partial charge in [-0.15, -0.1) is 0 Å². The topological polar surface area (TPSA) is 41.8 Å². The number of halogens is 3. The van der Waals surface area contributed by atoms with Gasteiger partial charge in [0.2, 0.25) is 5.90 Å². The van der Waals surface area contributed by atoms with Crippen LogP contribution >= 0.6 is 34.8 Å². The normalized spacial score (nSPS) is 24.8. The molecule has 0 aliphatic carbocycles. The van der Waals surface area contributed by atoms with Crippen LogP contribution in [0.4, 0.5) is 0 Å². The van der Waals surface area contributed by atoms with E-state index in [-0.39, 0.29) is 24.5 Å². The van der Waals surface area contributed by atoms with E-state index in [1.165, 1.54) is 0 Å². The van der Waals surface area contributed by atoms with Gasteiger partial charge < -0.3 is 9.84 Å². The molecule has 3 nitrogen and oxygen atoms in total. The summed E-state index contributed by atoms with van der Waals surface area (Å²) in [7, 11) is 0. The van der Waals surface area contributed by atoms with Crippen LogP contribution in [0.3, 0.4) is 0 Å². The zero-order valence-corrected chi connectivity index (χ0v) is 10.1. The van der Waals surface area contributed by atoms with Crippen LogP contribution in [0.1, 0.15) is 13.8 Å². The molecule has 1 aliphatic heterocycles. The fraction of sp³-hybridized carbons (Fsp3) is 0.875. The van der Waals surface area contributed by atoms with Crippen LogP contribution in [0.15, 0.2) is 4.99 Å². The molecule has 1 aliphatic rings. The molecule has 14 heavy (non-hydrogen) atoms. The summed E-state index contributed by atoms with van der Waals surface area (Å²) in [6.45, 7) is 4.06. The van der Waals surface area contributed by atoms with E-state index >= 15 is 0 Å². The summed E-state index contributed by atoms with van der Waals surface area (Å²) in [5.41, 5.74) is 0. The highest BCUT2D eigenvalue weighted by atomic mass is 35.6. The second kappa shape index (κ2) is 4.44. The molecule has 0 spiro atoms. The minimum absolute atomic E-state index is 0.0622. The molecule has 1 N–H and O–H groups in total. The van der Waals surface area contributed by atoms with Gasteiger partial charge in [0.05, 0.1) is 6.10 Å². The van der Waals surface area contributed by atoms with E-state index in [2.05, 4.69) is 4.99 Å². The molecule has 0 amide bonds. The summed E-state index contributed by atoms with van der Waals surface area (Å²) < 4.78 is 3.46.